The fourth-order valence-corrected chi connectivity index (χ4v) is 6.23. The van der Waals surface area contributed by atoms with E-state index in [1.807, 2.05) is 6.07 Å². The van der Waals surface area contributed by atoms with Gasteiger partial charge in [0.1, 0.15) is 5.54 Å². The maximum absolute atomic E-state index is 13.9. The highest BCUT2D eigenvalue weighted by Gasteiger charge is 2.70. The Morgan fingerprint density at radius 1 is 1.11 bits per heavy atom. The van der Waals surface area contributed by atoms with E-state index in [1.54, 1.807) is 31.2 Å². The number of hydrogen-bond acceptors (Lipinski definition) is 7. The number of anilines is 1. The van der Waals surface area contributed by atoms with Crippen LogP contribution in [-0.4, -0.2) is 60.5 Å². The Labute approximate surface area is 224 Å². The number of rotatable bonds is 8. The number of carbonyl (C=O) groups excluding carboxylic acids is 3. The van der Waals surface area contributed by atoms with Gasteiger partial charge in [0.25, 0.3) is 0 Å². The zero-order chi connectivity index (χ0) is 27.4. The van der Waals surface area contributed by atoms with Gasteiger partial charge in [0.05, 0.1) is 31.7 Å². The quantitative estimate of drug-likeness (QED) is 0.434. The summed E-state index contributed by atoms with van der Waals surface area (Å²) in [5.41, 5.74) is 1.05. The van der Waals surface area contributed by atoms with E-state index in [2.05, 4.69) is 10.6 Å². The van der Waals surface area contributed by atoms with Crippen molar-refractivity contribution >= 4 is 41.0 Å². The number of likely N-dealkylation sites (tertiary alicyclic amines) is 1. The van der Waals surface area contributed by atoms with Crippen molar-refractivity contribution in [3.05, 3.63) is 52.0 Å². The van der Waals surface area contributed by atoms with E-state index in [1.165, 1.54) is 19.1 Å². The second-order valence-corrected chi connectivity index (χ2v) is 10.2. The summed E-state index contributed by atoms with van der Waals surface area (Å²) in [4.78, 5) is 53.7. The van der Waals surface area contributed by atoms with Crippen molar-refractivity contribution in [2.24, 2.45) is 11.8 Å². The summed E-state index contributed by atoms with van der Waals surface area (Å²) in [7, 11) is 3.06. The molecular weight excluding hydrogens is 514 g/mol. The molecule has 4 atom stereocenters. The molecule has 3 aliphatic heterocycles. The van der Waals surface area contributed by atoms with Crippen LogP contribution in [0.15, 0.2) is 30.3 Å². The molecule has 200 valence electrons. The Kier molecular flexibility index (Phi) is 6.56. The van der Waals surface area contributed by atoms with E-state index < -0.39 is 47.1 Å². The predicted molar refractivity (Wildman–Crippen MR) is 137 cm³/mol. The first kappa shape index (κ1) is 26.0. The van der Waals surface area contributed by atoms with Crippen LogP contribution in [0, 0.1) is 18.8 Å². The van der Waals surface area contributed by atoms with Crippen LogP contribution >= 0.6 is 11.6 Å². The molecule has 10 nitrogen and oxygen atoms in total. The minimum absolute atomic E-state index is 0.0932. The van der Waals surface area contributed by atoms with Gasteiger partial charge in [-0.3, -0.25) is 29.4 Å². The molecule has 3 heterocycles. The average Bonchev–Trinajstić information content (AvgIpc) is 3.48. The third-order valence-corrected chi connectivity index (χ3v) is 8.33. The Morgan fingerprint density at radius 2 is 1.84 bits per heavy atom. The summed E-state index contributed by atoms with van der Waals surface area (Å²) in [5, 5.41) is 15.9. The van der Waals surface area contributed by atoms with Crippen molar-refractivity contribution in [3.8, 4) is 11.5 Å². The molecule has 11 heteroatoms. The summed E-state index contributed by atoms with van der Waals surface area (Å²) < 4.78 is 10.6. The molecular formula is C27H28ClN3O7. The van der Waals surface area contributed by atoms with E-state index in [0.29, 0.717) is 39.8 Å². The monoisotopic (exact) mass is 541 g/mol. The number of carbonyl (C=O) groups is 4. The Bertz CT molecular complexity index is 1360. The maximum Gasteiger partial charge on any atom is 0.303 e. The lowest BCUT2D eigenvalue weighted by Gasteiger charge is -2.29. The zero-order valence-corrected chi connectivity index (χ0v) is 21.9. The number of nitrogens with zero attached hydrogens (tertiary/aromatic N) is 1. The smallest absolute Gasteiger partial charge is 0.303 e. The number of carboxylic acid groups (broad SMARTS) is 1. The molecule has 0 aromatic heterocycles. The van der Waals surface area contributed by atoms with E-state index >= 15 is 0 Å². The van der Waals surface area contributed by atoms with Gasteiger partial charge in [0.2, 0.25) is 17.7 Å². The summed E-state index contributed by atoms with van der Waals surface area (Å²) in [6, 6.07) is 8.05. The number of nitrogens with one attached hydrogen (secondary N) is 2. The highest BCUT2D eigenvalue weighted by molar-refractivity contribution is 6.32. The molecule has 3 N–H and O–H groups in total. The normalized spacial score (nSPS) is 25.5. The number of halogens is 1. The number of carboxylic acids is 1. The zero-order valence-electron chi connectivity index (χ0n) is 21.2. The number of amides is 3. The van der Waals surface area contributed by atoms with Crippen LogP contribution in [-0.2, 0) is 31.1 Å². The van der Waals surface area contributed by atoms with Crippen molar-refractivity contribution in [1.82, 2.24) is 10.2 Å². The van der Waals surface area contributed by atoms with Gasteiger partial charge in [-0.25, -0.2) is 0 Å². The first-order valence-corrected chi connectivity index (χ1v) is 12.7. The minimum atomic E-state index is -1.50. The highest BCUT2D eigenvalue weighted by atomic mass is 35.5. The molecule has 1 spiro atoms. The first-order chi connectivity index (χ1) is 18.1. The third-order valence-electron chi connectivity index (χ3n) is 7.92. The molecule has 0 unspecified atom stereocenters. The van der Waals surface area contributed by atoms with Gasteiger partial charge in [-0.15, -0.1) is 0 Å². The lowest BCUT2D eigenvalue weighted by molar-refractivity contribution is -0.143. The molecule has 38 heavy (non-hydrogen) atoms. The predicted octanol–water partition coefficient (Wildman–Crippen LogP) is 2.49. The largest absolute Gasteiger partial charge is 0.493 e. The summed E-state index contributed by atoms with van der Waals surface area (Å²) >= 11 is 6.29. The summed E-state index contributed by atoms with van der Waals surface area (Å²) in [5.74, 6) is -3.13. The fraction of sp³-hybridized carbons (Fsp3) is 0.407. The topological polar surface area (TPSA) is 134 Å². The van der Waals surface area contributed by atoms with Gasteiger partial charge in [0, 0.05) is 29.6 Å². The lowest BCUT2D eigenvalue weighted by Crippen LogP contribution is -2.53. The lowest BCUT2D eigenvalue weighted by atomic mass is 9.76. The first-order valence-electron chi connectivity index (χ1n) is 12.3. The molecule has 3 aliphatic rings. The van der Waals surface area contributed by atoms with Crippen LogP contribution in [0.4, 0.5) is 5.69 Å². The van der Waals surface area contributed by atoms with Crippen LogP contribution in [0.2, 0.25) is 5.02 Å². The van der Waals surface area contributed by atoms with Gasteiger partial charge in [0.15, 0.2) is 11.5 Å². The number of aliphatic carboxylic acids is 1. The molecule has 0 radical (unpaired) electrons. The van der Waals surface area contributed by atoms with Crippen LogP contribution in [0.25, 0.3) is 0 Å². The Hall–Kier alpha value is -3.63. The van der Waals surface area contributed by atoms with Crippen molar-refractivity contribution in [1.29, 1.82) is 0 Å². The van der Waals surface area contributed by atoms with Crippen LogP contribution < -0.4 is 20.1 Å². The van der Waals surface area contributed by atoms with Crippen LogP contribution in [0.3, 0.4) is 0 Å². The molecule has 2 aromatic rings. The van der Waals surface area contributed by atoms with Gasteiger partial charge in [-0.1, -0.05) is 23.7 Å². The molecule has 3 amide bonds. The number of hydrogen-bond donors (Lipinski definition) is 3. The number of benzene rings is 2. The van der Waals surface area contributed by atoms with Crippen molar-refractivity contribution in [2.45, 2.75) is 37.8 Å². The van der Waals surface area contributed by atoms with E-state index in [9.17, 15) is 24.3 Å². The van der Waals surface area contributed by atoms with Gasteiger partial charge in [-0.05, 0) is 49.1 Å². The molecule has 0 aliphatic carbocycles. The number of imide groups is 1. The van der Waals surface area contributed by atoms with Crippen molar-refractivity contribution < 1.29 is 33.8 Å². The average molecular weight is 542 g/mol. The van der Waals surface area contributed by atoms with Crippen molar-refractivity contribution in [3.63, 3.8) is 0 Å². The number of methoxy groups -OCH3 is 2. The molecule has 5 rings (SSSR count). The second-order valence-electron chi connectivity index (χ2n) is 9.81. The van der Waals surface area contributed by atoms with E-state index in [4.69, 9.17) is 21.1 Å². The molecule has 2 aromatic carbocycles. The van der Waals surface area contributed by atoms with Crippen LogP contribution in [0.1, 0.15) is 29.5 Å². The van der Waals surface area contributed by atoms with Gasteiger partial charge < -0.3 is 19.9 Å². The second kappa shape index (κ2) is 9.59. The van der Waals surface area contributed by atoms with Crippen LogP contribution in [0.5, 0.6) is 11.5 Å². The molecule has 0 saturated carbocycles. The molecule has 2 fully saturated rings. The molecule has 2 saturated heterocycles. The fourth-order valence-electron chi connectivity index (χ4n) is 6.07. The Morgan fingerprint density at radius 3 is 2.53 bits per heavy atom. The molecule has 0 bridgehead atoms. The minimum Gasteiger partial charge on any atom is -0.493 e. The summed E-state index contributed by atoms with van der Waals surface area (Å²) in [6.07, 6.45) is 0.253. The Balaban J connectivity index is 1.50. The van der Waals surface area contributed by atoms with E-state index in [0.717, 1.165) is 5.56 Å². The summed E-state index contributed by atoms with van der Waals surface area (Å²) in [6.45, 7) is 1.88. The van der Waals surface area contributed by atoms with E-state index in [-0.39, 0.29) is 19.4 Å². The number of fused-ring (bicyclic) bond motifs is 4. The van der Waals surface area contributed by atoms with Crippen molar-refractivity contribution in [2.75, 3.05) is 26.1 Å². The SMILES string of the molecule is COc1ccc(CCN2C(=O)[C@@H]3[C@@H](CCC(=O)O)N[C@]4(C(=O)Nc5c4ccc(Cl)c5C)[C@H]3C2=O)cc1OC. The number of ether oxygens (including phenoxy) is 2. The third kappa shape index (κ3) is 3.82. The maximum atomic E-state index is 13.9. The van der Waals surface area contributed by atoms with Gasteiger partial charge in [-0.2, -0.15) is 0 Å². The highest BCUT2D eigenvalue weighted by Crippen LogP contribution is 2.54. The van der Waals surface area contributed by atoms with Gasteiger partial charge >= 0.3 is 5.97 Å². The standard InChI is InChI=1S/C27H28ClN3O7/c1-13-16(28)6-5-15-23(13)29-26(36)27(15)22-21(17(30-27)7-9-20(32)33)24(34)31(25(22)35)11-10-14-4-8-18(37-2)19(12-14)38-3/h4-6,8,12,17,21-22,30H,7,9-11H2,1-3H3,(H,29,36)(H,32,33)/t17-,21-,22-,27+/m1/s1.